The third kappa shape index (κ3) is 4.75. The first-order chi connectivity index (χ1) is 17.4. The molecule has 3 N–H and O–H groups in total. The van der Waals surface area contributed by atoms with Crippen molar-refractivity contribution in [3.05, 3.63) is 77.2 Å². The van der Waals surface area contributed by atoms with Crippen molar-refractivity contribution in [2.75, 3.05) is 18.5 Å². The zero-order chi connectivity index (χ0) is 25.3. The second-order valence-corrected chi connectivity index (χ2v) is 8.74. The van der Waals surface area contributed by atoms with Crippen molar-refractivity contribution >= 4 is 34.2 Å². The fourth-order valence-corrected chi connectivity index (χ4v) is 4.31. The molecule has 2 aromatic heterocycles. The maximum absolute atomic E-state index is 14.7. The van der Waals surface area contributed by atoms with Crippen LogP contribution in [0.5, 0.6) is 11.5 Å². The summed E-state index contributed by atoms with van der Waals surface area (Å²) in [5.41, 5.74) is 0.661. The SMILES string of the molecule is O=C(c1ccc(Oc2ccccc2)cc1Cl)c1c[nH]c2ncnc(NC3COC(CO)CC3(F)F)c12. The molecule has 186 valence electrons. The highest BCUT2D eigenvalue weighted by atomic mass is 35.5. The van der Waals surface area contributed by atoms with Crippen LogP contribution in [0.1, 0.15) is 22.3 Å². The third-order valence-corrected chi connectivity index (χ3v) is 6.21. The Balaban J connectivity index is 1.43. The number of halogens is 3. The summed E-state index contributed by atoms with van der Waals surface area (Å²) in [5, 5.41) is 12.3. The van der Waals surface area contributed by atoms with Gasteiger partial charge in [-0.3, -0.25) is 4.79 Å². The Labute approximate surface area is 209 Å². The number of ketones is 1. The molecule has 1 aliphatic heterocycles. The molecular formula is C25H21ClF2N4O4. The number of hydrogen-bond donors (Lipinski definition) is 3. The van der Waals surface area contributed by atoms with Gasteiger partial charge in [-0.1, -0.05) is 29.8 Å². The molecule has 4 aromatic rings. The average molecular weight is 515 g/mol. The molecule has 8 nitrogen and oxygen atoms in total. The van der Waals surface area contributed by atoms with Gasteiger partial charge in [0.15, 0.2) is 5.78 Å². The lowest BCUT2D eigenvalue weighted by Gasteiger charge is -2.36. The van der Waals surface area contributed by atoms with Gasteiger partial charge in [-0.05, 0) is 24.3 Å². The maximum Gasteiger partial charge on any atom is 0.272 e. The Kier molecular flexibility index (Phi) is 6.57. The Morgan fingerprint density at radius 2 is 2.00 bits per heavy atom. The van der Waals surface area contributed by atoms with Crippen LogP contribution in [-0.4, -0.2) is 57.1 Å². The van der Waals surface area contributed by atoms with E-state index >= 15 is 0 Å². The summed E-state index contributed by atoms with van der Waals surface area (Å²) < 4.78 is 40.5. The number of benzene rings is 2. The van der Waals surface area contributed by atoms with E-state index in [4.69, 9.17) is 21.1 Å². The van der Waals surface area contributed by atoms with Gasteiger partial charge in [0.05, 0.1) is 35.3 Å². The average Bonchev–Trinajstić information content (AvgIpc) is 3.30. The molecule has 2 unspecified atom stereocenters. The predicted octanol–water partition coefficient (Wildman–Crippen LogP) is 4.83. The van der Waals surface area contributed by atoms with Crippen molar-refractivity contribution in [2.45, 2.75) is 24.5 Å². The molecule has 0 saturated carbocycles. The van der Waals surface area contributed by atoms with Crippen LogP contribution >= 0.6 is 11.6 Å². The van der Waals surface area contributed by atoms with Crippen molar-refractivity contribution in [1.29, 1.82) is 0 Å². The summed E-state index contributed by atoms with van der Waals surface area (Å²) >= 11 is 6.42. The summed E-state index contributed by atoms with van der Waals surface area (Å²) in [7, 11) is 0. The molecule has 0 amide bonds. The minimum atomic E-state index is -3.17. The zero-order valence-corrected chi connectivity index (χ0v) is 19.5. The van der Waals surface area contributed by atoms with Crippen molar-refractivity contribution < 1.29 is 28.2 Å². The van der Waals surface area contributed by atoms with E-state index in [1.54, 1.807) is 18.2 Å². The van der Waals surface area contributed by atoms with E-state index in [9.17, 15) is 18.7 Å². The number of nitrogens with one attached hydrogen (secondary N) is 2. The van der Waals surface area contributed by atoms with Gasteiger partial charge < -0.3 is 24.9 Å². The van der Waals surface area contributed by atoms with Crippen LogP contribution in [0, 0.1) is 0 Å². The number of aromatic amines is 1. The largest absolute Gasteiger partial charge is 0.457 e. The van der Waals surface area contributed by atoms with Gasteiger partial charge in [-0.2, -0.15) is 0 Å². The summed E-state index contributed by atoms with van der Waals surface area (Å²) in [5.74, 6) is -2.48. The van der Waals surface area contributed by atoms with Gasteiger partial charge in [-0.15, -0.1) is 0 Å². The fourth-order valence-electron chi connectivity index (χ4n) is 4.05. The number of anilines is 1. The van der Waals surface area contributed by atoms with Gasteiger partial charge in [0, 0.05) is 24.2 Å². The zero-order valence-electron chi connectivity index (χ0n) is 18.7. The number of fused-ring (bicyclic) bond motifs is 1. The van der Waals surface area contributed by atoms with Crippen LogP contribution in [0.2, 0.25) is 5.02 Å². The number of rotatable bonds is 7. The minimum Gasteiger partial charge on any atom is -0.457 e. The van der Waals surface area contributed by atoms with Gasteiger partial charge >= 0.3 is 0 Å². The molecule has 1 saturated heterocycles. The Hall–Kier alpha value is -3.60. The highest BCUT2D eigenvalue weighted by Crippen LogP contribution is 2.35. The number of para-hydroxylation sites is 1. The van der Waals surface area contributed by atoms with Crippen molar-refractivity contribution in [1.82, 2.24) is 15.0 Å². The lowest BCUT2D eigenvalue weighted by molar-refractivity contribution is -0.146. The van der Waals surface area contributed by atoms with Crippen LogP contribution in [0.3, 0.4) is 0 Å². The normalized spacial score (nSPS) is 19.2. The van der Waals surface area contributed by atoms with E-state index in [2.05, 4.69) is 20.3 Å². The number of alkyl halides is 2. The van der Waals surface area contributed by atoms with E-state index in [-0.39, 0.29) is 34.0 Å². The Morgan fingerprint density at radius 3 is 2.72 bits per heavy atom. The van der Waals surface area contributed by atoms with Crippen molar-refractivity contribution in [3.63, 3.8) is 0 Å². The standard InChI is InChI=1S/C25H21ClF2N4O4/c26-19-8-15(36-14-4-2-1-3-5-14)6-7-17(19)22(34)18-10-29-23-21(18)24(31-13-30-23)32-20-12-35-16(11-33)9-25(20,27)28/h1-8,10,13,16,20,33H,9,11-12H2,(H2,29,30,31,32). The first-order valence-electron chi connectivity index (χ1n) is 11.1. The molecule has 2 atom stereocenters. The molecule has 5 rings (SSSR count). The third-order valence-electron chi connectivity index (χ3n) is 5.90. The fraction of sp³-hybridized carbons (Fsp3) is 0.240. The lowest BCUT2D eigenvalue weighted by atomic mass is 9.99. The number of aliphatic hydroxyl groups excluding tert-OH is 1. The highest BCUT2D eigenvalue weighted by molar-refractivity contribution is 6.35. The number of aliphatic hydroxyl groups is 1. The molecule has 0 aliphatic carbocycles. The molecule has 0 spiro atoms. The number of nitrogens with zero attached hydrogens (tertiary/aromatic N) is 2. The van der Waals surface area contributed by atoms with Crippen molar-refractivity contribution in [2.24, 2.45) is 0 Å². The summed E-state index contributed by atoms with van der Waals surface area (Å²) in [6.45, 7) is -0.835. The predicted molar refractivity (Wildman–Crippen MR) is 129 cm³/mol. The first kappa shape index (κ1) is 24.1. The van der Waals surface area contributed by atoms with Crippen LogP contribution in [-0.2, 0) is 4.74 Å². The minimum absolute atomic E-state index is 0.0560. The maximum atomic E-state index is 14.7. The number of hydrogen-bond acceptors (Lipinski definition) is 7. The molecule has 36 heavy (non-hydrogen) atoms. The molecule has 0 radical (unpaired) electrons. The topological polar surface area (TPSA) is 109 Å². The monoisotopic (exact) mass is 514 g/mol. The summed E-state index contributed by atoms with van der Waals surface area (Å²) in [6, 6.07) is 12.4. The van der Waals surface area contributed by atoms with Crippen molar-refractivity contribution in [3.8, 4) is 11.5 Å². The second-order valence-electron chi connectivity index (χ2n) is 8.33. The first-order valence-corrected chi connectivity index (χ1v) is 11.5. The smallest absolute Gasteiger partial charge is 0.272 e. The van der Waals surface area contributed by atoms with Gasteiger partial charge in [0.25, 0.3) is 5.92 Å². The Bertz CT molecular complexity index is 1400. The quantitative estimate of drug-likeness (QED) is 0.303. The highest BCUT2D eigenvalue weighted by Gasteiger charge is 2.46. The van der Waals surface area contributed by atoms with E-state index < -0.39 is 36.9 Å². The second kappa shape index (κ2) is 9.81. The van der Waals surface area contributed by atoms with Gasteiger partial charge in [0.1, 0.15) is 35.3 Å². The lowest BCUT2D eigenvalue weighted by Crippen LogP contribution is -2.51. The molecule has 1 aliphatic rings. The number of carbonyl (C=O) groups excluding carboxylic acids is 1. The van der Waals surface area contributed by atoms with Gasteiger partial charge in [-0.25, -0.2) is 18.7 Å². The van der Waals surface area contributed by atoms with Crippen LogP contribution in [0.15, 0.2) is 61.1 Å². The number of carbonyl (C=O) groups is 1. The summed E-state index contributed by atoms with van der Waals surface area (Å²) in [4.78, 5) is 24.5. The number of ether oxygens (including phenoxy) is 2. The van der Waals surface area contributed by atoms with E-state index in [1.807, 2.05) is 18.2 Å². The molecule has 11 heteroatoms. The molecular weight excluding hydrogens is 494 g/mol. The van der Waals surface area contributed by atoms with Crippen LogP contribution < -0.4 is 10.1 Å². The summed E-state index contributed by atoms with van der Waals surface area (Å²) in [6.07, 6.45) is 1.07. The van der Waals surface area contributed by atoms with E-state index in [1.165, 1.54) is 24.7 Å². The van der Waals surface area contributed by atoms with E-state index in [0.29, 0.717) is 17.1 Å². The van der Waals surface area contributed by atoms with Crippen LogP contribution in [0.4, 0.5) is 14.6 Å². The molecule has 0 bridgehead atoms. The molecule has 2 aromatic carbocycles. The number of aromatic nitrogens is 3. The molecule has 1 fully saturated rings. The molecule has 3 heterocycles. The Morgan fingerprint density at radius 1 is 1.19 bits per heavy atom. The van der Waals surface area contributed by atoms with E-state index in [0.717, 1.165) is 0 Å². The van der Waals surface area contributed by atoms with Crippen LogP contribution in [0.25, 0.3) is 11.0 Å². The number of H-pyrrole nitrogens is 1. The van der Waals surface area contributed by atoms with Gasteiger partial charge in [0.2, 0.25) is 0 Å².